The van der Waals surface area contributed by atoms with E-state index in [1.165, 1.54) is 17.5 Å². The topological polar surface area (TPSA) is 182 Å². The van der Waals surface area contributed by atoms with Crippen molar-refractivity contribution in [2.45, 2.75) is 124 Å². The number of carbonyl (C=O) groups is 4. The molecule has 0 fully saturated rings. The lowest BCUT2D eigenvalue weighted by Crippen LogP contribution is -2.62. The summed E-state index contributed by atoms with van der Waals surface area (Å²) in [5, 5.41) is 7.24. The predicted octanol–water partition coefficient (Wildman–Crippen LogP) is 14.3. The Labute approximate surface area is 561 Å². The maximum absolute atomic E-state index is 15.1. The van der Waals surface area contributed by atoms with Crippen LogP contribution < -0.4 is 34.3 Å². The average Bonchev–Trinajstić information content (AvgIpc) is 1.78. The van der Waals surface area contributed by atoms with Crippen LogP contribution in [0.5, 0.6) is 34.5 Å². The van der Waals surface area contributed by atoms with E-state index < -0.39 is 47.0 Å². The van der Waals surface area contributed by atoms with Crippen molar-refractivity contribution in [2.75, 3.05) is 59.9 Å². The normalized spacial score (nSPS) is 15.1. The van der Waals surface area contributed by atoms with Gasteiger partial charge in [0.15, 0.2) is 5.75 Å². The molecule has 0 unspecified atom stereocenters. The fraction of sp³-hybridized carbons (Fsp3) is 0.377. The van der Waals surface area contributed by atoms with Crippen LogP contribution in [0.2, 0.25) is 0 Å². The standard InChI is InChI=1S/C77H88N4O13S/c1-52(80(8)75(85)94-77(5,6)7)72(82)79-71(76(2,3)4)74(84)81-49-58-46-62(31-28-57(58)47-67(81)73(83)78-66-25-17-23-55-22-15-16-24-64(55)66)90-45-43-88-41-39-86-38-40-87-42-44-89-59-32-34-61(35-33-59)93-69-65-37-36-63(92-51-54-20-13-10-14-21-54)48-68(65)95-70(69)56-26-29-60(30-27-56)91-50-53-18-11-9-12-19-53/h9-16,18-22,24,26-37,46,48,52,66-67,71H,17,23,25,38-45,47,49-51H2,1-8H3,(H,78,83)(H,79,82)/t52-,66+,67-,71+/m0/s1. The molecule has 7 aromatic carbocycles. The number of amides is 4. The fourth-order valence-corrected chi connectivity index (χ4v) is 12.5. The lowest BCUT2D eigenvalue weighted by Gasteiger charge is -2.42. The summed E-state index contributed by atoms with van der Waals surface area (Å²) in [5.41, 5.74) is 5.69. The number of carbonyl (C=O) groups excluding carboxylic acids is 4. The third-order valence-electron chi connectivity index (χ3n) is 16.6. The first kappa shape index (κ1) is 68.9. The molecular weight excluding hydrogens is 1220 g/mol. The van der Waals surface area contributed by atoms with Crippen LogP contribution in [0, 0.1) is 5.41 Å². The van der Waals surface area contributed by atoms with Gasteiger partial charge in [-0.15, -0.1) is 11.3 Å². The summed E-state index contributed by atoms with van der Waals surface area (Å²) in [6.45, 7) is 16.3. The number of benzene rings is 7. The molecule has 95 heavy (non-hydrogen) atoms. The summed E-state index contributed by atoms with van der Waals surface area (Å²) in [6.07, 6.45) is 2.24. The van der Waals surface area contributed by atoms with Gasteiger partial charge in [-0.1, -0.05) is 112 Å². The number of fused-ring (bicyclic) bond motifs is 3. The van der Waals surface area contributed by atoms with Crippen LogP contribution in [0.25, 0.3) is 20.5 Å². The third-order valence-corrected chi connectivity index (χ3v) is 17.8. The first-order valence-electron chi connectivity index (χ1n) is 32.7. The van der Waals surface area contributed by atoms with Crippen LogP contribution in [0.3, 0.4) is 0 Å². The number of nitrogens with one attached hydrogen (secondary N) is 2. The average molecular weight is 1310 g/mol. The molecule has 2 aliphatic rings. The SMILES string of the molecule is C[C@@H](C(=O)N[C@H](C(=O)N1Cc2cc(OCCOCCOCCOCCOc3ccc(Oc4c(-c5ccc(OCc6ccccc6)cc5)sc5cc(OCc6ccccc6)ccc45)cc3)ccc2C[C@H]1C(=O)N[C@@H]1CCCc2ccccc21)C(C)(C)C)N(C)C(=O)OC(C)(C)C. The smallest absolute Gasteiger partial charge is 0.410 e. The summed E-state index contributed by atoms with van der Waals surface area (Å²) in [6, 6.07) is 52.9. The van der Waals surface area contributed by atoms with Gasteiger partial charge in [0.25, 0.3) is 0 Å². The molecule has 10 rings (SSSR count). The maximum Gasteiger partial charge on any atom is 0.410 e. The van der Waals surface area contributed by atoms with E-state index >= 15 is 4.79 Å². The number of nitrogens with zero attached hydrogens (tertiary/aromatic N) is 2. The number of thiophene rings is 1. The second kappa shape index (κ2) is 32.5. The van der Waals surface area contributed by atoms with Crippen molar-refractivity contribution >= 4 is 45.2 Å². The number of ether oxygens (including phenoxy) is 9. The van der Waals surface area contributed by atoms with E-state index in [9.17, 15) is 14.4 Å². The minimum atomic E-state index is -1.05. The molecular formula is C77H88N4O13S. The van der Waals surface area contributed by atoms with Gasteiger partial charge in [0.2, 0.25) is 17.7 Å². The molecule has 18 heteroatoms. The molecule has 4 amide bonds. The summed E-state index contributed by atoms with van der Waals surface area (Å²) in [4.78, 5) is 60.3. The highest BCUT2D eigenvalue weighted by molar-refractivity contribution is 7.22. The Morgan fingerprint density at radius 2 is 1.15 bits per heavy atom. The summed E-state index contributed by atoms with van der Waals surface area (Å²) in [7, 11) is 1.49. The molecule has 1 aliphatic carbocycles. The Bertz CT molecular complexity index is 3830. The number of hydrogen-bond donors (Lipinski definition) is 2. The maximum atomic E-state index is 15.1. The molecule has 0 saturated heterocycles. The van der Waals surface area contributed by atoms with Crippen molar-refractivity contribution in [3.05, 3.63) is 203 Å². The van der Waals surface area contributed by atoms with Crippen molar-refractivity contribution in [3.63, 3.8) is 0 Å². The lowest BCUT2D eigenvalue weighted by atomic mass is 9.83. The number of likely N-dealkylation sites (N-methyl/N-ethyl adjacent to an activating group) is 1. The van der Waals surface area contributed by atoms with Crippen LogP contribution in [-0.2, 0) is 65.9 Å². The first-order valence-corrected chi connectivity index (χ1v) is 33.5. The van der Waals surface area contributed by atoms with Gasteiger partial charge in [-0.3, -0.25) is 19.3 Å². The molecule has 1 aromatic heterocycles. The molecule has 500 valence electrons. The zero-order chi connectivity index (χ0) is 66.9. The Kier molecular flexibility index (Phi) is 23.5. The Morgan fingerprint density at radius 3 is 1.79 bits per heavy atom. The van der Waals surface area contributed by atoms with Gasteiger partial charge < -0.3 is 58.2 Å². The van der Waals surface area contributed by atoms with Crippen molar-refractivity contribution in [2.24, 2.45) is 5.41 Å². The minimum absolute atomic E-state index is 0.102. The fourth-order valence-electron chi connectivity index (χ4n) is 11.4. The molecule has 1 aliphatic heterocycles. The molecule has 4 atom stereocenters. The van der Waals surface area contributed by atoms with Gasteiger partial charge in [-0.25, -0.2) is 4.79 Å². The molecule has 0 radical (unpaired) electrons. The van der Waals surface area contributed by atoms with Crippen molar-refractivity contribution in [1.82, 2.24) is 20.4 Å². The Hall–Kier alpha value is -8.94. The lowest BCUT2D eigenvalue weighted by molar-refractivity contribution is -0.147. The molecule has 17 nitrogen and oxygen atoms in total. The largest absolute Gasteiger partial charge is 0.491 e. The second-order valence-electron chi connectivity index (χ2n) is 25.9. The van der Waals surface area contributed by atoms with E-state index in [1.54, 1.807) is 43.9 Å². The van der Waals surface area contributed by atoms with Gasteiger partial charge >= 0.3 is 6.09 Å². The highest BCUT2D eigenvalue weighted by atomic mass is 32.1. The molecule has 0 bridgehead atoms. The van der Waals surface area contributed by atoms with Gasteiger partial charge in [-0.2, -0.15) is 0 Å². The van der Waals surface area contributed by atoms with Crippen LogP contribution >= 0.6 is 11.3 Å². The minimum Gasteiger partial charge on any atom is -0.491 e. The van der Waals surface area contributed by atoms with Gasteiger partial charge in [0.05, 0.1) is 50.6 Å². The van der Waals surface area contributed by atoms with Crippen molar-refractivity contribution in [1.29, 1.82) is 0 Å². The van der Waals surface area contributed by atoms with E-state index in [-0.39, 0.29) is 31.5 Å². The van der Waals surface area contributed by atoms with Crippen LogP contribution in [-0.4, -0.2) is 117 Å². The highest BCUT2D eigenvalue weighted by Crippen LogP contribution is 2.48. The van der Waals surface area contributed by atoms with Gasteiger partial charge in [-0.05, 0) is 170 Å². The van der Waals surface area contributed by atoms with E-state index in [2.05, 4.69) is 71.3 Å². The van der Waals surface area contributed by atoms with E-state index in [0.29, 0.717) is 76.7 Å². The zero-order valence-electron chi connectivity index (χ0n) is 55.7. The first-order chi connectivity index (χ1) is 45.8. The molecule has 0 spiro atoms. The Balaban J connectivity index is 0.663. The number of hydrogen-bond acceptors (Lipinski definition) is 14. The quantitative estimate of drug-likeness (QED) is 0.0423. The molecule has 2 N–H and O–H groups in total. The molecule has 0 saturated carbocycles. The third kappa shape index (κ3) is 19.1. The summed E-state index contributed by atoms with van der Waals surface area (Å²) < 4.78 is 55.1. The zero-order valence-corrected chi connectivity index (χ0v) is 56.5. The van der Waals surface area contributed by atoms with Gasteiger partial charge in [0.1, 0.15) is 78.9 Å². The predicted molar refractivity (Wildman–Crippen MR) is 368 cm³/mol. The van der Waals surface area contributed by atoms with Crippen molar-refractivity contribution < 1.29 is 61.8 Å². The summed E-state index contributed by atoms with van der Waals surface area (Å²) >= 11 is 1.65. The molecule has 2 heterocycles. The van der Waals surface area contributed by atoms with E-state index in [4.69, 9.17) is 42.6 Å². The number of aryl methyl sites for hydroxylation is 1. The second-order valence-corrected chi connectivity index (χ2v) is 27.0. The van der Waals surface area contributed by atoms with Crippen LogP contribution in [0.1, 0.15) is 101 Å². The highest BCUT2D eigenvalue weighted by Gasteiger charge is 2.44. The number of rotatable bonds is 29. The Morgan fingerprint density at radius 1 is 0.600 bits per heavy atom. The molecule has 8 aromatic rings. The van der Waals surface area contributed by atoms with Crippen molar-refractivity contribution in [3.8, 4) is 44.9 Å². The van der Waals surface area contributed by atoms with Gasteiger partial charge in [0, 0.05) is 30.1 Å². The van der Waals surface area contributed by atoms with Crippen LogP contribution in [0.15, 0.2) is 170 Å². The van der Waals surface area contributed by atoms with E-state index in [1.807, 2.05) is 130 Å². The summed E-state index contributed by atoms with van der Waals surface area (Å²) in [5.74, 6) is 3.06. The monoisotopic (exact) mass is 1310 g/mol. The van der Waals surface area contributed by atoms with Crippen LogP contribution in [0.4, 0.5) is 4.79 Å². The van der Waals surface area contributed by atoms with E-state index in [0.717, 1.165) is 84.9 Å².